The maximum absolute atomic E-state index is 12.3. The monoisotopic (exact) mass is 389 g/mol. The van der Waals surface area contributed by atoms with Crippen molar-refractivity contribution in [3.8, 4) is 24.0 Å². The molecule has 3 rings (SSSR count). The largest absolute Gasteiger partial charge is 0.508 e. The summed E-state index contributed by atoms with van der Waals surface area (Å²) in [6, 6.07) is 12.2. The molecule has 3 atom stereocenters. The fourth-order valence-electron chi connectivity index (χ4n) is 4.27. The van der Waals surface area contributed by atoms with E-state index in [4.69, 9.17) is 10.1 Å². The Labute approximate surface area is 168 Å². The smallest absolute Gasteiger partial charge is 0.410 e. The Hall–Kier alpha value is -3.83. The topological polar surface area (TPSA) is 145 Å². The number of hydrogen-bond donors (Lipinski definition) is 2. The van der Waals surface area contributed by atoms with Gasteiger partial charge >= 0.3 is 6.09 Å². The molecule has 8 heteroatoms. The second-order valence-electron chi connectivity index (χ2n) is 6.99. The molecule has 1 amide bonds. The van der Waals surface area contributed by atoms with Crippen molar-refractivity contribution in [1.82, 2.24) is 4.90 Å². The fourth-order valence-corrected chi connectivity index (χ4v) is 4.27. The van der Waals surface area contributed by atoms with E-state index in [1.807, 2.05) is 18.2 Å². The second kappa shape index (κ2) is 7.66. The Balaban J connectivity index is 2.20. The molecule has 29 heavy (non-hydrogen) atoms. The molecule has 2 aliphatic rings. The van der Waals surface area contributed by atoms with Gasteiger partial charge in [-0.25, -0.2) is 4.79 Å². The fraction of sp³-hybridized carbons (Fsp3) is 0.381. The Morgan fingerprint density at radius 1 is 1.38 bits per heavy atom. The van der Waals surface area contributed by atoms with Crippen molar-refractivity contribution in [3.63, 3.8) is 0 Å². The number of nitrogens with one attached hydrogen (secondary N) is 1. The molecular formula is C21H19N5O3. The highest BCUT2D eigenvalue weighted by Crippen LogP contribution is 2.53. The van der Waals surface area contributed by atoms with E-state index in [9.17, 15) is 25.7 Å². The summed E-state index contributed by atoms with van der Waals surface area (Å²) in [6.07, 6.45) is 1.19. The van der Waals surface area contributed by atoms with Crippen molar-refractivity contribution < 1.29 is 14.6 Å². The van der Waals surface area contributed by atoms with Crippen LogP contribution in [0.4, 0.5) is 4.79 Å². The van der Waals surface area contributed by atoms with Crippen LogP contribution in [0.5, 0.6) is 5.75 Å². The Kier molecular flexibility index (Phi) is 5.26. The third-order valence-electron chi connectivity index (χ3n) is 5.55. The summed E-state index contributed by atoms with van der Waals surface area (Å²) in [5.74, 6) is -2.43. The van der Waals surface area contributed by atoms with Gasteiger partial charge in [-0.15, -0.1) is 0 Å². The van der Waals surface area contributed by atoms with E-state index < -0.39 is 29.3 Å². The van der Waals surface area contributed by atoms with Gasteiger partial charge in [0.25, 0.3) is 0 Å². The van der Waals surface area contributed by atoms with Crippen molar-refractivity contribution in [2.45, 2.75) is 12.8 Å². The molecule has 0 radical (unpaired) electrons. The van der Waals surface area contributed by atoms with Gasteiger partial charge in [0.15, 0.2) is 5.41 Å². The molecule has 146 valence electrons. The molecule has 1 aliphatic carbocycles. The van der Waals surface area contributed by atoms with Crippen LogP contribution in [0.1, 0.15) is 18.4 Å². The number of rotatable bonds is 2. The van der Waals surface area contributed by atoms with Crippen LogP contribution >= 0.6 is 0 Å². The molecule has 0 spiro atoms. The number of ether oxygens (including phenoxy) is 1. The Morgan fingerprint density at radius 3 is 2.69 bits per heavy atom. The van der Waals surface area contributed by atoms with Gasteiger partial charge in [0, 0.05) is 24.9 Å². The number of carbonyl (C=O) groups is 1. The minimum Gasteiger partial charge on any atom is -0.508 e. The van der Waals surface area contributed by atoms with Crippen LogP contribution in [0.2, 0.25) is 0 Å². The van der Waals surface area contributed by atoms with Gasteiger partial charge in [-0.05, 0) is 30.2 Å². The van der Waals surface area contributed by atoms with E-state index in [0.717, 1.165) is 0 Å². The van der Waals surface area contributed by atoms with Gasteiger partial charge < -0.3 is 20.2 Å². The van der Waals surface area contributed by atoms with E-state index in [2.05, 4.69) is 0 Å². The molecule has 0 bridgehead atoms. The van der Waals surface area contributed by atoms with Gasteiger partial charge in [-0.1, -0.05) is 18.2 Å². The van der Waals surface area contributed by atoms with Crippen molar-refractivity contribution >= 4 is 11.8 Å². The lowest BCUT2D eigenvalue weighted by molar-refractivity contribution is 0.0992. The van der Waals surface area contributed by atoms with Crippen LogP contribution in [-0.4, -0.2) is 41.5 Å². The number of phenols is 1. The quantitative estimate of drug-likeness (QED) is 0.744. The number of benzene rings is 1. The molecule has 1 aromatic carbocycles. The standard InChI is InChI=1S/C21H19N5O3/c1-2-29-20(28)26-7-6-15-16(9-22)19(25)21(11-23,12-24)18(17(15)10-26)13-4-3-5-14(27)8-13/h3-6,8,16-18,25,27H,2,7,10H2,1H3/t16?,17-,18+/m1/s1. The minimum absolute atomic E-state index is 0.0372. The molecule has 2 N–H and O–H groups in total. The normalized spacial score (nSPS) is 24.9. The first-order valence-corrected chi connectivity index (χ1v) is 9.15. The predicted octanol–water partition coefficient (Wildman–Crippen LogP) is 2.70. The molecule has 1 aliphatic heterocycles. The highest BCUT2D eigenvalue weighted by atomic mass is 16.6. The zero-order valence-electron chi connectivity index (χ0n) is 15.8. The Bertz CT molecular complexity index is 996. The average molecular weight is 389 g/mol. The maximum atomic E-state index is 12.3. The number of hydrogen-bond acceptors (Lipinski definition) is 7. The number of carbonyl (C=O) groups excluding carboxylic acids is 1. The van der Waals surface area contributed by atoms with Gasteiger partial charge in [0.2, 0.25) is 0 Å². The lowest BCUT2D eigenvalue weighted by Gasteiger charge is -2.47. The summed E-state index contributed by atoms with van der Waals surface area (Å²) in [5, 5.41) is 48.1. The van der Waals surface area contributed by atoms with E-state index in [0.29, 0.717) is 11.1 Å². The highest BCUT2D eigenvalue weighted by Gasteiger charge is 2.58. The zero-order chi connectivity index (χ0) is 21.2. The number of phenolic OH excluding ortho intramolecular Hbond substituents is 1. The first-order chi connectivity index (χ1) is 13.9. The van der Waals surface area contributed by atoms with Crippen LogP contribution < -0.4 is 0 Å². The molecule has 0 saturated heterocycles. The summed E-state index contributed by atoms with van der Waals surface area (Å²) in [4.78, 5) is 13.7. The van der Waals surface area contributed by atoms with Gasteiger partial charge in [-0.3, -0.25) is 0 Å². The van der Waals surface area contributed by atoms with Crippen molar-refractivity contribution in [3.05, 3.63) is 41.5 Å². The number of aromatic hydroxyl groups is 1. The molecule has 1 saturated carbocycles. The summed E-state index contributed by atoms with van der Waals surface area (Å²) >= 11 is 0. The van der Waals surface area contributed by atoms with Crippen LogP contribution in [0.25, 0.3) is 0 Å². The van der Waals surface area contributed by atoms with Crippen molar-refractivity contribution in [2.75, 3.05) is 19.7 Å². The molecule has 1 fully saturated rings. The van der Waals surface area contributed by atoms with Crippen molar-refractivity contribution in [2.24, 2.45) is 17.3 Å². The van der Waals surface area contributed by atoms with E-state index >= 15 is 0 Å². The maximum Gasteiger partial charge on any atom is 0.410 e. The summed E-state index contributed by atoms with van der Waals surface area (Å²) in [7, 11) is 0. The third-order valence-corrected chi connectivity index (χ3v) is 5.55. The molecular weight excluding hydrogens is 370 g/mol. The number of nitriles is 3. The van der Waals surface area contributed by atoms with E-state index in [1.54, 1.807) is 25.1 Å². The van der Waals surface area contributed by atoms with E-state index in [1.165, 1.54) is 17.0 Å². The van der Waals surface area contributed by atoms with Crippen LogP contribution in [-0.2, 0) is 4.74 Å². The molecule has 8 nitrogen and oxygen atoms in total. The second-order valence-corrected chi connectivity index (χ2v) is 6.99. The molecule has 0 aromatic heterocycles. The van der Waals surface area contributed by atoms with Crippen LogP contribution in [0.15, 0.2) is 35.9 Å². The lowest BCUT2D eigenvalue weighted by Crippen LogP contribution is -2.53. The van der Waals surface area contributed by atoms with E-state index in [-0.39, 0.29) is 31.2 Å². The molecule has 1 unspecified atom stereocenters. The third kappa shape index (κ3) is 3.07. The molecule has 1 heterocycles. The van der Waals surface area contributed by atoms with Gasteiger partial charge in [0.1, 0.15) is 11.7 Å². The van der Waals surface area contributed by atoms with Gasteiger partial charge in [-0.2, -0.15) is 15.8 Å². The van der Waals surface area contributed by atoms with Gasteiger partial charge in [0.05, 0.1) is 30.5 Å². The zero-order valence-corrected chi connectivity index (χ0v) is 15.8. The average Bonchev–Trinajstić information content (AvgIpc) is 2.73. The first-order valence-electron chi connectivity index (χ1n) is 9.15. The number of fused-ring (bicyclic) bond motifs is 1. The lowest BCUT2D eigenvalue weighted by atomic mass is 9.54. The van der Waals surface area contributed by atoms with Crippen molar-refractivity contribution in [1.29, 1.82) is 21.2 Å². The minimum atomic E-state index is -1.89. The number of amides is 1. The van der Waals surface area contributed by atoms with Crippen LogP contribution in [0.3, 0.4) is 0 Å². The summed E-state index contributed by atoms with van der Waals surface area (Å²) in [5.41, 5.74) is -1.05. The summed E-state index contributed by atoms with van der Waals surface area (Å²) in [6.45, 7) is 2.26. The highest BCUT2D eigenvalue weighted by molar-refractivity contribution is 6.01. The number of nitrogens with zero attached hydrogens (tertiary/aromatic N) is 4. The summed E-state index contributed by atoms with van der Waals surface area (Å²) < 4.78 is 5.08. The first kappa shape index (κ1) is 19.9. The Morgan fingerprint density at radius 2 is 2.10 bits per heavy atom. The van der Waals surface area contributed by atoms with Crippen LogP contribution in [0, 0.1) is 56.7 Å². The molecule has 1 aromatic rings. The predicted molar refractivity (Wildman–Crippen MR) is 102 cm³/mol. The SMILES string of the molecule is CCOC(=O)N1CC=C2C(C#N)C(=N)C(C#N)(C#N)[C@@H](c3cccc(O)c3)[C@@H]2C1.